The molecule has 2 fully saturated rings. The summed E-state index contributed by atoms with van der Waals surface area (Å²) in [6.07, 6.45) is 5.23. The van der Waals surface area contributed by atoms with Crippen molar-refractivity contribution in [3.8, 4) is 0 Å². The van der Waals surface area contributed by atoms with Crippen molar-refractivity contribution in [3.63, 3.8) is 0 Å². The summed E-state index contributed by atoms with van der Waals surface area (Å²) >= 11 is 0. The van der Waals surface area contributed by atoms with Crippen LogP contribution >= 0.6 is 0 Å². The molecule has 1 aromatic heterocycles. The first-order chi connectivity index (χ1) is 11.1. The molecular formula is C18H22N2O3. The van der Waals surface area contributed by atoms with Crippen molar-refractivity contribution in [3.05, 3.63) is 34.8 Å². The van der Waals surface area contributed by atoms with Crippen LogP contribution in [0.25, 0.3) is 11.1 Å². The van der Waals surface area contributed by atoms with Gasteiger partial charge in [0.15, 0.2) is 5.58 Å². The number of aromatic nitrogens is 1. The second kappa shape index (κ2) is 5.55. The van der Waals surface area contributed by atoms with Gasteiger partial charge in [-0.3, -0.25) is 9.36 Å². The topological polar surface area (TPSA) is 64.2 Å². The molecule has 5 heteroatoms. The van der Waals surface area contributed by atoms with Crippen molar-refractivity contribution in [2.24, 2.45) is 17.8 Å². The van der Waals surface area contributed by atoms with Crippen molar-refractivity contribution in [1.29, 1.82) is 0 Å². The SMILES string of the molecule is C[C@@H](NC(=O)Cn1c(=O)oc2ccccc21)[C@H]1C[C@H]2CC[C@H]1C2. The van der Waals surface area contributed by atoms with Gasteiger partial charge in [-0.1, -0.05) is 18.6 Å². The van der Waals surface area contributed by atoms with E-state index in [9.17, 15) is 9.59 Å². The fraction of sp³-hybridized carbons (Fsp3) is 0.556. The minimum Gasteiger partial charge on any atom is -0.408 e. The summed E-state index contributed by atoms with van der Waals surface area (Å²) in [4.78, 5) is 24.3. The van der Waals surface area contributed by atoms with Gasteiger partial charge in [0, 0.05) is 6.04 Å². The Balaban J connectivity index is 1.45. The van der Waals surface area contributed by atoms with E-state index >= 15 is 0 Å². The number of fused-ring (bicyclic) bond motifs is 3. The van der Waals surface area contributed by atoms with E-state index in [1.807, 2.05) is 12.1 Å². The largest absolute Gasteiger partial charge is 0.420 e. The molecule has 2 aliphatic carbocycles. The van der Waals surface area contributed by atoms with Crippen LogP contribution in [-0.2, 0) is 11.3 Å². The molecule has 0 aliphatic heterocycles. The minimum absolute atomic E-state index is 0.0149. The smallest absolute Gasteiger partial charge is 0.408 e. The van der Waals surface area contributed by atoms with Crippen molar-refractivity contribution in [1.82, 2.24) is 9.88 Å². The van der Waals surface area contributed by atoms with Gasteiger partial charge in [-0.2, -0.15) is 0 Å². The summed E-state index contributed by atoms with van der Waals surface area (Å²) in [5.41, 5.74) is 1.19. The second-order valence-corrected chi connectivity index (χ2v) is 7.12. The maximum Gasteiger partial charge on any atom is 0.420 e. The molecule has 4 rings (SSSR count). The Hall–Kier alpha value is -2.04. The molecule has 0 spiro atoms. The molecule has 5 nitrogen and oxygen atoms in total. The molecule has 0 radical (unpaired) electrons. The number of rotatable bonds is 4. The van der Waals surface area contributed by atoms with Gasteiger partial charge >= 0.3 is 5.76 Å². The summed E-state index contributed by atoms with van der Waals surface area (Å²) in [6.45, 7) is 2.11. The van der Waals surface area contributed by atoms with E-state index in [-0.39, 0.29) is 18.5 Å². The lowest BCUT2D eigenvalue weighted by Gasteiger charge is -2.28. The third-order valence-corrected chi connectivity index (χ3v) is 5.70. The molecule has 122 valence electrons. The Labute approximate surface area is 134 Å². The first-order valence-electron chi connectivity index (χ1n) is 8.49. The zero-order valence-corrected chi connectivity index (χ0v) is 13.3. The Morgan fingerprint density at radius 2 is 2.17 bits per heavy atom. The molecular weight excluding hydrogens is 292 g/mol. The number of carbonyl (C=O) groups excluding carboxylic acids is 1. The molecule has 2 saturated carbocycles. The van der Waals surface area contributed by atoms with Crippen LogP contribution < -0.4 is 11.1 Å². The van der Waals surface area contributed by atoms with Crippen molar-refractivity contribution < 1.29 is 9.21 Å². The predicted molar refractivity (Wildman–Crippen MR) is 87.0 cm³/mol. The summed E-state index contributed by atoms with van der Waals surface area (Å²) in [5, 5.41) is 3.10. The number of nitrogens with one attached hydrogen (secondary N) is 1. The van der Waals surface area contributed by atoms with E-state index < -0.39 is 5.76 Å². The number of hydrogen-bond acceptors (Lipinski definition) is 3. The zero-order chi connectivity index (χ0) is 16.0. The molecule has 2 bridgehead atoms. The van der Waals surface area contributed by atoms with Crippen molar-refractivity contribution >= 4 is 17.0 Å². The van der Waals surface area contributed by atoms with Crippen LogP contribution in [-0.4, -0.2) is 16.5 Å². The first-order valence-corrected chi connectivity index (χ1v) is 8.49. The highest BCUT2D eigenvalue weighted by Crippen LogP contribution is 2.49. The van der Waals surface area contributed by atoms with E-state index in [1.54, 1.807) is 12.1 Å². The predicted octanol–water partition coefficient (Wildman–Crippen LogP) is 2.54. The van der Waals surface area contributed by atoms with E-state index in [1.165, 1.54) is 30.3 Å². The van der Waals surface area contributed by atoms with E-state index in [2.05, 4.69) is 12.2 Å². The summed E-state index contributed by atoms with van der Waals surface area (Å²) in [7, 11) is 0. The Morgan fingerprint density at radius 1 is 1.35 bits per heavy atom. The molecule has 4 atom stereocenters. The monoisotopic (exact) mass is 314 g/mol. The summed E-state index contributed by atoms with van der Waals surface area (Å²) in [5.74, 6) is 1.64. The van der Waals surface area contributed by atoms with E-state index in [4.69, 9.17) is 4.42 Å². The molecule has 1 heterocycles. The van der Waals surface area contributed by atoms with Crippen LogP contribution in [0.4, 0.5) is 0 Å². The van der Waals surface area contributed by atoms with Crippen molar-refractivity contribution in [2.45, 2.75) is 45.2 Å². The van der Waals surface area contributed by atoms with Gasteiger partial charge in [0.1, 0.15) is 6.54 Å². The van der Waals surface area contributed by atoms with Gasteiger partial charge in [0.05, 0.1) is 5.52 Å². The molecule has 0 unspecified atom stereocenters. The molecule has 23 heavy (non-hydrogen) atoms. The highest BCUT2D eigenvalue weighted by atomic mass is 16.4. The minimum atomic E-state index is -0.478. The molecule has 0 saturated heterocycles. The van der Waals surface area contributed by atoms with Crippen LogP contribution in [0.5, 0.6) is 0 Å². The first kappa shape index (κ1) is 14.5. The Bertz CT molecular complexity index is 791. The maximum atomic E-state index is 12.4. The van der Waals surface area contributed by atoms with Gasteiger partial charge in [-0.25, -0.2) is 4.79 Å². The van der Waals surface area contributed by atoms with Crippen LogP contribution in [0.15, 0.2) is 33.5 Å². The molecule has 2 aliphatic rings. The second-order valence-electron chi connectivity index (χ2n) is 7.12. The number of oxazole rings is 1. The lowest BCUT2D eigenvalue weighted by Crippen LogP contribution is -2.42. The Morgan fingerprint density at radius 3 is 2.91 bits per heavy atom. The van der Waals surface area contributed by atoms with Crippen LogP contribution in [0.3, 0.4) is 0 Å². The number of benzene rings is 1. The van der Waals surface area contributed by atoms with E-state index in [0.717, 1.165) is 11.8 Å². The number of carbonyl (C=O) groups is 1. The molecule has 1 aromatic carbocycles. The fourth-order valence-electron chi connectivity index (χ4n) is 4.62. The van der Waals surface area contributed by atoms with Crippen molar-refractivity contribution in [2.75, 3.05) is 0 Å². The highest BCUT2D eigenvalue weighted by Gasteiger charge is 2.42. The molecule has 1 amide bonds. The summed E-state index contributed by atoms with van der Waals surface area (Å²) < 4.78 is 6.57. The highest BCUT2D eigenvalue weighted by molar-refractivity contribution is 5.79. The quantitative estimate of drug-likeness (QED) is 0.943. The summed E-state index contributed by atoms with van der Waals surface area (Å²) in [6, 6.07) is 7.36. The van der Waals surface area contributed by atoms with Gasteiger partial charge in [-0.15, -0.1) is 0 Å². The van der Waals surface area contributed by atoms with Crippen LogP contribution in [0, 0.1) is 17.8 Å². The fourth-order valence-corrected chi connectivity index (χ4v) is 4.62. The van der Waals surface area contributed by atoms with Gasteiger partial charge in [-0.05, 0) is 56.1 Å². The number of para-hydroxylation sites is 2. The maximum absolute atomic E-state index is 12.4. The van der Waals surface area contributed by atoms with Gasteiger partial charge in [0.2, 0.25) is 5.91 Å². The van der Waals surface area contributed by atoms with Gasteiger partial charge in [0.25, 0.3) is 0 Å². The molecule has 2 aromatic rings. The van der Waals surface area contributed by atoms with Crippen LogP contribution in [0.2, 0.25) is 0 Å². The standard InChI is InChI=1S/C18H22N2O3/c1-11(14-9-12-6-7-13(14)8-12)19-17(21)10-20-15-4-2-3-5-16(15)23-18(20)22/h2-5,11-14H,6-10H2,1H3,(H,19,21)/t11-,12+,13+,14-/m1/s1. The number of nitrogens with zero attached hydrogens (tertiary/aromatic N) is 1. The third kappa shape index (κ3) is 2.58. The Kier molecular flexibility index (Phi) is 3.51. The zero-order valence-electron chi connectivity index (χ0n) is 13.3. The van der Waals surface area contributed by atoms with Crippen LogP contribution in [0.1, 0.15) is 32.6 Å². The number of hydrogen-bond donors (Lipinski definition) is 1. The average Bonchev–Trinajstić information content (AvgIpc) is 3.22. The average molecular weight is 314 g/mol. The lowest BCUT2D eigenvalue weighted by molar-refractivity contribution is -0.122. The lowest BCUT2D eigenvalue weighted by atomic mass is 9.84. The third-order valence-electron chi connectivity index (χ3n) is 5.70. The van der Waals surface area contributed by atoms with Gasteiger partial charge < -0.3 is 9.73 Å². The normalized spacial score (nSPS) is 27.4. The molecule has 1 N–H and O–H groups in total. The van der Waals surface area contributed by atoms with E-state index in [0.29, 0.717) is 17.0 Å². The number of amides is 1.